The number of aliphatic hydroxyl groups is 3. The van der Waals surface area contributed by atoms with Gasteiger partial charge in [0.05, 0.1) is 19.8 Å². The normalized spacial score (nSPS) is 10.8. The number of rotatable bonds is 4. The lowest BCUT2D eigenvalue weighted by Crippen LogP contribution is -2.32. The highest BCUT2D eigenvalue weighted by Crippen LogP contribution is 2.18. The molecule has 3 nitrogen and oxygen atoms in total. The number of aliphatic hydroxyl groups excluding tert-OH is 3. The topological polar surface area (TPSA) is 60.7 Å². The minimum absolute atomic E-state index is 0. The van der Waals surface area contributed by atoms with Crippen molar-refractivity contribution < 1.29 is 15.3 Å². The van der Waals surface area contributed by atoms with E-state index in [0.717, 1.165) is 0 Å². The predicted molar refractivity (Wildman–Crippen MR) is 40.7 cm³/mol. The molecule has 0 aromatic heterocycles. The molecule has 0 aliphatic rings. The maximum Gasteiger partial charge on any atom is 0.0531 e. The summed E-state index contributed by atoms with van der Waals surface area (Å²) in [5.41, 5.74) is -0.667. The van der Waals surface area contributed by atoms with E-state index in [1.54, 1.807) is 0 Å². The van der Waals surface area contributed by atoms with Crippen molar-refractivity contribution in [3.63, 3.8) is 0 Å². The molecule has 10 heavy (non-hydrogen) atoms. The molecule has 0 atom stereocenters. The highest BCUT2D eigenvalue weighted by molar-refractivity contribution is 4.74. The molecule has 0 rings (SSSR count). The maximum absolute atomic E-state index is 8.66. The molecule has 3 heteroatoms. The zero-order chi connectivity index (χ0) is 7.33. The first-order chi connectivity index (χ1) is 4.24. The summed E-state index contributed by atoms with van der Waals surface area (Å²) in [4.78, 5) is 0. The van der Waals surface area contributed by atoms with Gasteiger partial charge in [0.25, 0.3) is 0 Å². The molecule has 0 unspecified atom stereocenters. The molecule has 0 radical (unpaired) electrons. The van der Waals surface area contributed by atoms with Gasteiger partial charge in [-0.05, 0) is 6.42 Å². The second-order valence-electron chi connectivity index (χ2n) is 2.33. The molecule has 64 valence electrons. The molecular weight excluding hydrogens is 132 g/mol. The van der Waals surface area contributed by atoms with Crippen LogP contribution < -0.4 is 0 Å². The lowest BCUT2D eigenvalue weighted by Gasteiger charge is -2.24. The van der Waals surface area contributed by atoms with E-state index in [0.29, 0.717) is 6.42 Å². The fourth-order valence-corrected chi connectivity index (χ4v) is 0.485. The summed E-state index contributed by atoms with van der Waals surface area (Å²) in [6.07, 6.45) is 0.594. The van der Waals surface area contributed by atoms with Gasteiger partial charge in [0.1, 0.15) is 0 Å². The summed E-state index contributed by atoms with van der Waals surface area (Å²) in [6, 6.07) is 0. The first-order valence-electron chi connectivity index (χ1n) is 3.07. The van der Waals surface area contributed by atoms with Gasteiger partial charge < -0.3 is 15.3 Å². The molecule has 0 aromatic carbocycles. The van der Waals surface area contributed by atoms with Crippen molar-refractivity contribution in [2.75, 3.05) is 19.8 Å². The molecule has 0 amide bonds. The molecule has 0 spiro atoms. The molecule has 0 bridgehead atoms. The highest BCUT2D eigenvalue weighted by atomic mass is 16.3. The predicted octanol–water partition coefficient (Wildman–Crippen LogP) is -0.00420. The van der Waals surface area contributed by atoms with E-state index in [9.17, 15) is 0 Å². The van der Waals surface area contributed by atoms with Crippen molar-refractivity contribution in [2.24, 2.45) is 5.41 Å². The van der Waals surface area contributed by atoms with Crippen molar-refractivity contribution in [2.45, 2.75) is 20.8 Å². The van der Waals surface area contributed by atoms with Crippen LogP contribution in [-0.2, 0) is 0 Å². The third kappa shape index (κ3) is 2.64. The van der Waals surface area contributed by atoms with Crippen LogP contribution in [0, 0.1) is 5.41 Å². The molecule has 0 aliphatic heterocycles. The van der Waals surface area contributed by atoms with Crippen molar-refractivity contribution in [1.29, 1.82) is 0 Å². The second-order valence-corrected chi connectivity index (χ2v) is 2.33. The van der Waals surface area contributed by atoms with Crippen LogP contribution in [0.15, 0.2) is 0 Å². The SMILES string of the molecule is C.CCC(CO)(CO)CO. The van der Waals surface area contributed by atoms with E-state index in [2.05, 4.69) is 0 Å². The summed E-state index contributed by atoms with van der Waals surface area (Å²) in [5.74, 6) is 0. The van der Waals surface area contributed by atoms with Crippen molar-refractivity contribution >= 4 is 0 Å². The maximum atomic E-state index is 8.66. The zero-order valence-corrected chi connectivity index (χ0v) is 5.67. The molecule has 0 saturated carbocycles. The molecular formula is C7H18O3. The van der Waals surface area contributed by atoms with E-state index in [-0.39, 0.29) is 27.2 Å². The van der Waals surface area contributed by atoms with Gasteiger partial charge in [0, 0.05) is 5.41 Å². The Morgan fingerprint density at radius 2 is 1.30 bits per heavy atom. The van der Waals surface area contributed by atoms with Gasteiger partial charge in [0.2, 0.25) is 0 Å². The van der Waals surface area contributed by atoms with Crippen LogP contribution in [0.2, 0.25) is 0 Å². The smallest absolute Gasteiger partial charge is 0.0531 e. The Bertz CT molecular complexity index is 51.7. The van der Waals surface area contributed by atoms with Gasteiger partial charge in [-0.3, -0.25) is 0 Å². The zero-order valence-electron chi connectivity index (χ0n) is 5.67. The third-order valence-corrected chi connectivity index (χ3v) is 1.76. The van der Waals surface area contributed by atoms with E-state index in [4.69, 9.17) is 15.3 Å². The summed E-state index contributed by atoms with van der Waals surface area (Å²) >= 11 is 0. The fraction of sp³-hybridized carbons (Fsp3) is 1.00. The van der Waals surface area contributed by atoms with Gasteiger partial charge in [-0.15, -0.1) is 0 Å². The van der Waals surface area contributed by atoms with Crippen molar-refractivity contribution in [1.82, 2.24) is 0 Å². The average molecular weight is 150 g/mol. The first kappa shape index (κ1) is 12.5. The van der Waals surface area contributed by atoms with Gasteiger partial charge in [-0.1, -0.05) is 14.4 Å². The van der Waals surface area contributed by atoms with Gasteiger partial charge in [-0.2, -0.15) is 0 Å². The third-order valence-electron chi connectivity index (χ3n) is 1.76. The lowest BCUT2D eigenvalue weighted by molar-refractivity contribution is 0.00304. The Labute approximate surface area is 62.3 Å². The average Bonchev–Trinajstić information content (AvgIpc) is 1.95. The van der Waals surface area contributed by atoms with Gasteiger partial charge >= 0.3 is 0 Å². The van der Waals surface area contributed by atoms with Crippen LogP contribution in [0.5, 0.6) is 0 Å². The summed E-state index contributed by atoms with van der Waals surface area (Å²) in [5, 5.41) is 26.0. The first-order valence-corrected chi connectivity index (χ1v) is 3.07. The van der Waals surface area contributed by atoms with Crippen LogP contribution >= 0.6 is 0 Å². The van der Waals surface area contributed by atoms with Crippen LogP contribution in [0.1, 0.15) is 20.8 Å². The van der Waals surface area contributed by atoms with E-state index >= 15 is 0 Å². The van der Waals surface area contributed by atoms with E-state index < -0.39 is 5.41 Å². The second kappa shape index (κ2) is 5.65. The fourth-order valence-electron chi connectivity index (χ4n) is 0.485. The summed E-state index contributed by atoms with van der Waals surface area (Å²) in [6.45, 7) is 1.35. The standard InChI is InChI=1S/C6H14O3.CH4/c1-2-6(3-7,4-8)5-9;/h7-9H,2-5H2,1H3;1H4. The van der Waals surface area contributed by atoms with E-state index in [1.807, 2.05) is 6.92 Å². The van der Waals surface area contributed by atoms with Gasteiger partial charge in [0.15, 0.2) is 0 Å². The minimum atomic E-state index is -0.667. The molecule has 0 aliphatic carbocycles. The molecule has 0 heterocycles. The lowest BCUT2D eigenvalue weighted by atomic mass is 9.88. The monoisotopic (exact) mass is 150 g/mol. The number of hydrogen-bond acceptors (Lipinski definition) is 3. The molecule has 3 N–H and O–H groups in total. The summed E-state index contributed by atoms with van der Waals surface area (Å²) < 4.78 is 0. The Hall–Kier alpha value is -0.120. The highest BCUT2D eigenvalue weighted by Gasteiger charge is 2.24. The van der Waals surface area contributed by atoms with Crippen molar-refractivity contribution in [3.8, 4) is 0 Å². The van der Waals surface area contributed by atoms with E-state index in [1.165, 1.54) is 0 Å². The Balaban J connectivity index is 0. The minimum Gasteiger partial charge on any atom is -0.396 e. The van der Waals surface area contributed by atoms with Crippen LogP contribution in [0.25, 0.3) is 0 Å². The Kier molecular flexibility index (Phi) is 7.09. The van der Waals surface area contributed by atoms with Gasteiger partial charge in [-0.25, -0.2) is 0 Å². The van der Waals surface area contributed by atoms with Crippen LogP contribution in [-0.4, -0.2) is 35.1 Å². The molecule has 0 saturated heterocycles. The largest absolute Gasteiger partial charge is 0.396 e. The Morgan fingerprint density at radius 1 is 1.00 bits per heavy atom. The van der Waals surface area contributed by atoms with Crippen LogP contribution in [0.4, 0.5) is 0 Å². The quantitative estimate of drug-likeness (QED) is 0.528. The Morgan fingerprint density at radius 3 is 1.30 bits per heavy atom. The molecule has 0 fully saturated rings. The van der Waals surface area contributed by atoms with Crippen molar-refractivity contribution in [3.05, 3.63) is 0 Å². The van der Waals surface area contributed by atoms with Crippen LogP contribution in [0.3, 0.4) is 0 Å². The number of hydrogen-bond donors (Lipinski definition) is 3. The molecule has 0 aromatic rings. The summed E-state index contributed by atoms with van der Waals surface area (Å²) in [7, 11) is 0.